The predicted molar refractivity (Wildman–Crippen MR) is 118 cm³/mol. The molecule has 1 saturated carbocycles. The van der Waals surface area contributed by atoms with Crippen molar-refractivity contribution in [1.82, 2.24) is 0 Å². The van der Waals surface area contributed by atoms with E-state index in [4.69, 9.17) is 14.2 Å². The van der Waals surface area contributed by atoms with Gasteiger partial charge in [-0.15, -0.1) is 0 Å². The van der Waals surface area contributed by atoms with E-state index in [2.05, 4.69) is 6.07 Å². The van der Waals surface area contributed by atoms with Crippen LogP contribution in [0.1, 0.15) is 47.1 Å². The van der Waals surface area contributed by atoms with Gasteiger partial charge >= 0.3 is 0 Å². The molecule has 2 aromatic rings. The van der Waals surface area contributed by atoms with Crippen LogP contribution >= 0.6 is 0 Å². The fourth-order valence-corrected chi connectivity index (χ4v) is 4.29. The maximum absolute atomic E-state index is 10.5. The van der Waals surface area contributed by atoms with Crippen LogP contribution in [0.15, 0.2) is 42.5 Å². The Labute approximate surface area is 188 Å². The van der Waals surface area contributed by atoms with Crippen LogP contribution in [0.2, 0.25) is 0 Å². The van der Waals surface area contributed by atoms with Crippen LogP contribution in [-0.2, 0) is 15.9 Å². The van der Waals surface area contributed by atoms with Gasteiger partial charge in [0, 0.05) is 7.11 Å². The van der Waals surface area contributed by atoms with Crippen molar-refractivity contribution in [3.05, 3.63) is 64.7 Å². The molecule has 7 heteroatoms. The highest BCUT2D eigenvalue weighted by Crippen LogP contribution is 2.43. The lowest BCUT2D eigenvalue weighted by Gasteiger charge is -2.40. The monoisotopic (exact) mass is 444 g/mol. The van der Waals surface area contributed by atoms with Crippen molar-refractivity contribution in [1.29, 1.82) is 0 Å². The maximum Gasteiger partial charge on any atom is 0.119 e. The zero-order chi connectivity index (χ0) is 22.7. The van der Waals surface area contributed by atoms with E-state index >= 15 is 0 Å². The highest BCUT2D eigenvalue weighted by molar-refractivity contribution is 5.42. The van der Waals surface area contributed by atoms with Crippen LogP contribution in [0.25, 0.3) is 0 Å². The summed E-state index contributed by atoms with van der Waals surface area (Å²) in [7, 11) is 1.64. The van der Waals surface area contributed by atoms with Crippen molar-refractivity contribution < 1.29 is 34.6 Å². The van der Waals surface area contributed by atoms with Gasteiger partial charge in [-0.1, -0.05) is 30.3 Å². The molecule has 2 aliphatic rings. The first-order chi connectivity index (χ1) is 15.5. The lowest BCUT2D eigenvalue weighted by molar-refractivity contribution is -0.231. The molecule has 0 unspecified atom stereocenters. The van der Waals surface area contributed by atoms with Crippen LogP contribution in [0.5, 0.6) is 5.75 Å². The number of hydrogen-bond acceptors (Lipinski definition) is 7. The first kappa shape index (κ1) is 23.2. The number of methoxy groups -OCH3 is 1. The molecule has 1 aliphatic heterocycles. The van der Waals surface area contributed by atoms with E-state index in [0.29, 0.717) is 19.1 Å². The molecule has 0 bridgehead atoms. The van der Waals surface area contributed by atoms with Crippen molar-refractivity contribution in [2.45, 2.75) is 55.7 Å². The standard InChI is InChI=1S/C25H32O7/c1-30-10-11-31-19-7-2-15(3-8-19)12-18-13-17(6-9-20(18)16-4-5-16)25-24(29)23(28)22(27)21(14-26)32-25/h2-3,6-9,13,16,21-29H,4-5,10-12,14H2,1H3/t21-,22-,23+,24-,25+/m1/s1. The van der Waals surface area contributed by atoms with Crippen molar-refractivity contribution >= 4 is 0 Å². The van der Waals surface area contributed by atoms with Crippen LogP contribution in [-0.4, -0.2) is 71.8 Å². The summed E-state index contributed by atoms with van der Waals surface area (Å²) >= 11 is 0. The zero-order valence-corrected chi connectivity index (χ0v) is 18.3. The van der Waals surface area contributed by atoms with Crippen molar-refractivity contribution in [3.8, 4) is 5.75 Å². The third kappa shape index (κ3) is 5.14. The average molecular weight is 445 g/mol. The van der Waals surface area contributed by atoms with Crippen molar-refractivity contribution in [3.63, 3.8) is 0 Å². The first-order valence-corrected chi connectivity index (χ1v) is 11.2. The number of rotatable bonds is 9. The summed E-state index contributed by atoms with van der Waals surface area (Å²) in [5, 5.41) is 40.3. The Balaban J connectivity index is 1.55. The molecule has 0 spiro atoms. The average Bonchev–Trinajstić information content (AvgIpc) is 3.64. The molecule has 0 amide bonds. The van der Waals surface area contributed by atoms with E-state index < -0.39 is 37.1 Å². The molecule has 32 heavy (non-hydrogen) atoms. The van der Waals surface area contributed by atoms with E-state index in [1.165, 1.54) is 18.4 Å². The van der Waals surface area contributed by atoms with Gasteiger partial charge in [-0.25, -0.2) is 0 Å². The summed E-state index contributed by atoms with van der Waals surface area (Å²) in [6.07, 6.45) is -2.72. The summed E-state index contributed by atoms with van der Waals surface area (Å²) in [6, 6.07) is 14.0. The van der Waals surface area contributed by atoms with Crippen LogP contribution in [0.4, 0.5) is 0 Å². The summed E-state index contributed by atoms with van der Waals surface area (Å²) in [4.78, 5) is 0. The number of aliphatic hydroxyl groups is 4. The van der Waals surface area contributed by atoms with E-state index in [0.717, 1.165) is 28.9 Å². The van der Waals surface area contributed by atoms with Crippen molar-refractivity contribution in [2.75, 3.05) is 26.9 Å². The molecule has 2 fully saturated rings. The predicted octanol–water partition coefficient (Wildman–Crippen LogP) is 1.69. The van der Waals surface area contributed by atoms with Gasteiger partial charge in [0.15, 0.2) is 0 Å². The molecule has 1 saturated heterocycles. The van der Waals surface area contributed by atoms with Gasteiger partial charge in [0.05, 0.1) is 13.2 Å². The summed E-state index contributed by atoms with van der Waals surface area (Å²) < 4.78 is 16.4. The third-order valence-electron chi connectivity index (χ3n) is 6.28. The second-order valence-electron chi connectivity index (χ2n) is 8.64. The van der Waals surface area contributed by atoms with Gasteiger partial charge in [0.2, 0.25) is 0 Å². The van der Waals surface area contributed by atoms with Crippen molar-refractivity contribution in [2.24, 2.45) is 0 Å². The molecule has 1 aliphatic carbocycles. The smallest absolute Gasteiger partial charge is 0.119 e. The first-order valence-electron chi connectivity index (χ1n) is 11.2. The molecule has 4 N–H and O–H groups in total. The Bertz CT molecular complexity index is 878. The topological polar surface area (TPSA) is 109 Å². The van der Waals surface area contributed by atoms with Crippen LogP contribution in [0.3, 0.4) is 0 Å². The normalized spacial score (nSPS) is 28.0. The van der Waals surface area contributed by atoms with Crippen LogP contribution < -0.4 is 4.74 Å². The fraction of sp³-hybridized carbons (Fsp3) is 0.520. The van der Waals surface area contributed by atoms with Crippen LogP contribution in [0, 0.1) is 0 Å². The van der Waals surface area contributed by atoms with E-state index in [1.54, 1.807) is 7.11 Å². The third-order valence-corrected chi connectivity index (χ3v) is 6.28. The molecule has 7 nitrogen and oxygen atoms in total. The molecular formula is C25H32O7. The fourth-order valence-electron chi connectivity index (χ4n) is 4.29. The number of hydrogen-bond donors (Lipinski definition) is 4. The second-order valence-corrected chi connectivity index (χ2v) is 8.64. The Morgan fingerprint density at radius 1 is 0.938 bits per heavy atom. The Morgan fingerprint density at radius 2 is 1.69 bits per heavy atom. The molecule has 174 valence electrons. The maximum atomic E-state index is 10.5. The Morgan fingerprint density at radius 3 is 2.34 bits per heavy atom. The van der Waals surface area contributed by atoms with Gasteiger partial charge in [0.1, 0.15) is 42.9 Å². The molecule has 1 heterocycles. The second kappa shape index (κ2) is 10.3. The largest absolute Gasteiger partial charge is 0.491 e. The van der Waals surface area contributed by atoms with Gasteiger partial charge in [-0.3, -0.25) is 0 Å². The minimum absolute atomic E-state index is 0.437. The quantitative estimate of drug-likeness (QED) is 0.436. The molecule has 0 aromatic heterocycles. The van der Waals surface area contributed by atoms with E-state index in [1.807, 2.05) is 36.4 Å². The summed E-state index contributed by atoms with van der Waals surface area (Å²) in [5.41, 5.74) is 4.30. The molecule has 5 atom stereocenters. The molecular weight excluding hydrogens is 412 g/mol. The molecule has 2 aromatic carbocycles. The van der Waals surface area contributed by atoms with Gasteiger partial charge < -0.3 is 34.6 Å². The SMILES string of the molecule is COCCOc1ccc(Cc2cc([C@@H]3O[C@H](CO)[C@@H](O)[C@H](O)[C@H]3O)ccc2C2CC2)cc1. The van der Waals surface area contributed by atoms with E-state index in [9.17, 15) is 20.4 Å². The van der Waals surface area contributed by atoms with Gasteiger partial charge in [-0.05, 0) is 59.6 Å². The summed E-state index contributed by atoms with van der Waals surface area (Å²) in [6.45, 7) is 0.604. The lowest BCUT2D eigenvalue weighted by Crippen LogP contribution is -2.55. The number of ether oxygens (including phenoxy) is 3. The van der Waals surface area contributed by atoms with Gasteiger partial charge in [-0.2, -0.15) is 0 Å². The number of benzene rings is 2. The lowest BCUT2D eigenvalue weighted by atomic mass is 9.88. The molecule has 4 rings (SSSR count). The number of aliphatic hydroxyl groups excluding tert-OH is 4. The Kier molecular flexibility index (Phi) is 7.45. The minimum Gasteiger partial charge on any atom is -0.491 e. The Hall–Kier alpha value is -2.00. The molecule has 0 radical (unpaired) electrons. The summed E-state index contributed by atoms with van der Waals surface area (Å²) in [5.74, 6) is 1.34. The zero-order valence-electron chi connectivity index (χ0n) is 18.3. The van der Waals surface area contributed by atoms with Gasteiger partial charge in [0.25, 0.3) is 0 Å². The minimum atomic E-state index is -1.39. The van der Waals surface area contributed by atoms with E-state index in [-0.39, 0.29) is 0 Å². The highest BCUT2D eigenvalue weighted by Gasteiger charge is 2.44. The highest BCUT2D eigenvalue weighted by atomic mass is 16.5.